The Kier molecular flexibility index (Phi) is 9.35. The summed E-state index contributed by atoms with van der Waals surface area (Å²) in [5.41, 5.74) is 0.122. The van der Waals surface area contributed by atoms with Crippen LogP contribution >= 0.6 is 0 Å². The van der Waals surface area contributed by atoms with Gasteiger partial charge in [-0.05, 0) is 124 Å². The quantitative estimate of drug-likeness (QED) is 0.182. The van der Waals surface area contributed by atoms with Crippen molar-refractivity contribution in [2.45, 2.75) is 162 Å². The van der Waals surface area contributed by atoms with E-state index in [1.807, 2.05) is 6.92 Å². The molecule has 5 aliphatic rings. The second-order valence-electron chi connectivity index (χ2n) is 17.3. The molecular weight excluding hydrogens is 560 g/mol. The third-order valence-electron chi connectivity index (χ3n) is 14.5. The lowest BCUT2D eigenvalue weighted by molar-refractivity contribution is -0.332. The van der Waals surface area contributed by atoms with Gasteiger partial charge in [-0.2, -0.15) is 0 Å². The second-order valence-corrected chi connectivity index (χ2v) is 17.3. The van der Waals surface area contributed by atoms with Crippen LogP contribution in [-0.4, -0.2) is 85.8 Å². The zero-order chi connectivity index (χ0) is 32.6. The molecule has 0 aromatic carbocycles. The minimum atomic E-state index is -1.46. The van der Waals surface area contributed by atoms with Crippen molar-refractivity contribution in [1.29, 1.82) is 0 Å². The highest BCUT2D eigenvalue weighted by Gasteiger charge is 2.71. The van der Waals surface area contributed by atoms with Crippen molar-refractivity contribution in [2.75, 3.05) is 6.61 Å². The number of aliphatic hydroxyl groups is 6. The number of allylic oxidation sites excluding steroid dienone is 2. The van der Waals surface area contributed by atoms with Crippen molar-refractivity contribution in [3.05, 3.63) is 11.6 Å². The van der Waals surface area contributed by atoms with Crippen LogP contribution in [-0.2, 0) is 9.47 Å². The predicted octanol–water partition coefficient (Wildman–Crippen LogP) is 4.32. The first-order valence-corrected chi connectivity index (χ1v) is 17.3. The Hall–Kier alpha value is -0.580. The molecule has 254 valence electrons. The van der Waals surface area contributed by atoms with Gasteiger partial charge in [0.1, 0.15) is 24.4 Å². The third-order valence-corrected chi connectivity index (χ3v) is 14.5. The monoisotopic (exact) mass is 622 g/mol. The average molecular weight is 623 g/mol. The Labute approximate surface area is 265 Å². The summed E-state index contributed by atoms with van der Waals surface area (Å²) in [6, 6.07) is 0. The van der Waals surface area contributed by atoms with Crippen LogP contribution in [0.2, 0.25) is 0 Å². The lowest BCUT2D eigenvalue weighted by Crippen LogP contribution is -2.67. The van der Waals surface area contributed by atoms with Crippen molar-refractivity contribution in [1.82, 2.24) is 0 Å². The molecule has 8 unspecified atom stereocenters. The van der Waals surface area contributed by atoms with Gasteiger partial charge in [0.2, 0.25) is 0 Å². The molecule has 4 saturated carbocycles. The van der Waals surface area contributed by atoms with Gasteiger partial charge in [0.25, 0.3) is 0 Å². The van der Waals surface area contributed by atoms with E-state index in [1.54, 1.807) is 0 Å². The third kappa shape index (κ3) is 5.26. The smallest absolute Gasteiger partial charge is 0.186 e. The highest BCUT2D eigenvalue weighted by Crippen LogP contribution is 2.76. The molecule has 0 spiro atoms. The summed E-state index contributed by atoms with van der Waals surface area (Å²) >= 11 is 0. The van der Waals surface area contributed by atoms with E-state index in [9.17, 15) is 30.6 Å². The van der Waals surface area contributed by atoms with Gasteiger partial charge >= 0.3 is 0 Å². The Morgan fingerprint density at radius 3 is 2.18 bits per heavy atom. The predicted molar refractivity (Wildman–Crippen MR) is 168 cm³/mol. The van der Waals surface area contributed by atoms with Crippen LogP contribution in [0.1, 0.15) is 113 Å². The molecule has 44 heavy (non-hydrogen) atoms. The molecule has 8 heteroatoms. The molecule has 15 atom stereocenters. The van der Waals surface area contributed by atoms with Crippen molar-refractivity contribution in [2.24, 2.45) is 45.3 Å². The van der Waals surface area contributed by atoms with Gasteiger partial charge in [0.05, 0.1) is 24.4 Å². The largest absolute Gasteiger partial charge is 0.394 e. The fraction of sp³-hybridized carbons (Fsp3) is 0.944. The molecule has 8 nitrogen and oxygen atoms in total. The van der Waals surface area contributed by atoms with Gasteiger partial charge in [-0.25, -0.2) is 0 Å². The number of aliphatic hydroxyl groups excluding tert-OH is 5. The maximum Gasteiger partial charge on any atom is 0.186 e. The Morgan fingerprint density at radius 2 is 1.55 bits per heavy atom. The van der Waals surface area contributed by atoms with Gasteiger partial charge in [-0.3, -0.25) is 0 Å². The molecule has 0 aromatic rings. The summed E-state index contributed by atoms with van der Waals surface area (Å²) < 4.78 is 12.2. The average Bonchev–Trinajstić information content (AvgIpc) is 3.32. The fourth-order valence-corrected chi connectivity index (χ4v) is 11.9. The molecule has 1 aliphatic heterocycles. The van der Waals surface area contributed by atoms with Gasteiger partial charge < -0.3 is 40.1 Å². The Morgan fingerprint density at radius 1 is 0.886 bits per heavy atom. The van der Waals surface area contributed by atoms with E-state index in [0.29, 0.717) is 18.3 Å². The van der Waals surface area contributed by atoms with Crippen molar-refractivity contribution in [3.63, 3.8) is 0 Å². The van der Waals surface area contributed by atoms with Crippen LogP contribution in [0.5, 0.6) is 0 Å². The molecule has 0 aromatic heterocycles. The summed E-state index contributed by atoms with van der Waals surface area (Å²) in [6.07, 6.45) is 3.15. The normalized spacial score (nSPS) is 51.5. The summed E-state index contributed by atoms with van der Waals surface area (Å²) in [6.45, 7) is 17.5. The van der Waals surface area contributed by atoms with Gasteiger partial charge in [-0.1, -0.05) is 46.3 Å². The second kappa shape index (κ2) is 11.8. The van der Waals surface area contributed by atoms with Crippen LogP contribution in [0, 0.1) is 45.3 Å². The molecule has 0 bridgehead atoms. The van der Waals surface area contributed by atoms with E-state index in [4.69, 9.17) is 9.47 Å². The molecule has 0 radical (unpaired) electrons. The van der Waals surface area contributed by atoms with Crippen LogP contribution in [0.25, 0.3) is 0 Å². The maximum absolute atomic E-state index is 12.0. The first-order chi connectivity index (χ1) is 20.3. The van der Waals surface area contributed by atoms with E-state index < -0.39 is 49.0 Å². The number of fused-ring (bicyclic) bond motifs is 5. The Balaban J connectivity index is 1.37. The number of rotatable bonds is 7. The standard InChI is InChI=1S/C36H62O8/c1-20(2)10-9-14-36(8,42)21-11-16-35(7)27(21)22(38)18-25-33(5)15-13-26(32(3,4)24(33)12-17-34(25,35)6)44-31-30(41)29(40)28(39)23(19-37)43-31/h10,21-31,37-42H,9,11-19H2,1-8H3/t21?,22?,23?,24-,25-,26?,27+,28?,29?,30?,31?,33+,34-,35-,36-/m1/s1. The van der Waals surface area contributed by atoms with Crippen molar-refractivity contribution >= 4 is 0 Å². The first-order valence-electron chi connectivity index (χ1n) is 17.3. The van der Waals surface area contributed by atoms with E-state index >= 15 is 0 Å². The molecule has 5 fully saturated rings. The summed E-state index contributed by atoms with van der Waals surface area (Å²) in [5, 5.41) is 64.8. The van der Waals surface area contributed by atoms with E-state index in [1.165, 1.54) is 5.57 Å². The van der Waals surface area contributed by atoms with E-state index in [2.05, 4.69) is 54.5 Å². The van der Waals surface area contributed by atoms with Crippen LogP contribution in [0.3, 0.4) is 0 Å². The summed E-state index contributed by atoms with van der Waals surface area (Å²) in [4.78, 5) is 0. The van der Waals surface area contributed by atoms with Gasteiger partial charge in [-0.15, -0.1) is 0 Å². The van der Waals surface area contributed by atoms with Crippen molar-refractivity contribution in [3.8, 4) is 0 Å². The highest BCUT2D eigenvalue weighted by molar-refractivity contribution is 5.20. The van der Waals surface area contributed by atoms with Crippen LogP contribution in [0.15, 0.2) is 11.6 Å². The SMILES string of the molecule is CC(C)=CCC[C@@](C)(O)C1CC[C@]2(C)[C@@H]1C(O)C[C@@H]1[C@@]3(C)CCC(OC4OC(CO)C(O)C(O)C4O)C(C)(C)[C@H]3CC[C@]12C. The topological polar surface area (TPSA) is 140 Å². The lowest BCUT2D eigenvalue weighted by Gasteiger charge is -2.70. The summed E-state index contributed by atoms with van der Waals surface area (Å²) in [7, 11) is 0. The summed E-state index contributed by atoms with van der Waals surface area (Å²) in [5.74, 6) is 0.792. The van der Waals surface area contributed by atoms with Crippen LogP contribution < -0.4 is 0 Å². The number of ether oxygens (including phenoxy) is 2. The molecular formula is C36H62O8. The molecule has 6 N–H and O–H groups in total. The number of hydrogen-bond acceptors (Lipinski definition) is 8. The number of hydrogen-bond donors (Lipinski definition) is 6. The molecule has 1 saturated heterocycles. The van der Waals surface area contributed by atoms with Crippen molar-refractivity contribution < 1.29 is 40.1 Å². The minimum Gasteiger partial charge on any atom is -0.394 e. The highest BCUT2D eigenvalue weighted by atomic mass is 16.7. The molecule has 1 heterocycles. The van der Waals surface area contributed by atoms with Crippen LogP contribution in [0.4, 0.5) is 0 Å². The lowest BCUT2D eigenvalue weighted by atomic mass is 9.35. The van der Waals surface area contributed by atoms with Gasteiger partial charge in [0.15, 0.2) is 6.29 Å². The maximum atomic E-state index is 12.0. The molecule has 4 aliphatic carbocycles. The first kappa shape index (κ1) is 34.7. The van der Waals surface area contributed by atoms with E-state index in [-0.39, 0.29) is 39.6 Å². The van der Waals surface area contributed by atoms with Gasteiger partial charge in [0, 0.05) is 0 Å². The minimum absolute atomic E-state index is 0.0231. The zero-order valence-corrected chi connectivity index (χ0v) is 28.5. The molecule has 0 amide bonds. The molecule has 5 rings (SSSR count). The fourth-order valence-electron chi connectivity index (χ4n) is 11.9. The zero-order valence-electron chi connectivity index (χ0n) is 28.5. The Bertz CT molecular complexity index is 1070. The van der Waals surface area contributed by atoms with E-state index in [0.717, 1.165) is 51.4 Å².